The number of nitrogen functional groups attached to an aromatic ring is 1. The Hall–Kier alpha value is -0.680. The predicted octanol–water partition coefficient (Wildman–Crippen LogP) is 2.66. The van der Waals surface area contributed by atoms with Crippen LogP contribution >= 0.6 is 23.4 Å². The van der Waals surface area contributed by atoms with E-state index in [9.17, 15) is 0 Å². The van der Waals surface area contributed by atoms with Crippen molar-refractivity contribution in [1.29, 1.82) is 0 Å². The normalized spacial score (nSPS) is 10.4. The number of thioether (sulfide) groups is 1. The molecule has 0 aliphatic carbocycles. The topological polar surface area (TPSA) is 63.8 Å². The first-order valence-electron chi connectivity index (χ1n) is 5.25. The van der Waals surface area contributed by atoms with Crippen LogP contribution < -0.4 is 11.1 Å². The van der Waals surface area contributed by atoms with Crippen LogP contribution in [-0.2, 0) is 0 Å². The Bertz CT molecular complexity index is 301. The standard InChI is InChI=1S/C10H17ClN4S/c1-16-6-4-2-3-5-13-9-7-8(11)14-10(12)15-9/h7H,2-6H2,1H3,(H3,12,13,14,15). The lowest BCUT2D eigenvalue weighted by Crippen LogP contribution is -2.05. The van der Waals surface area contributed by atoms with E-state index in [0.717, 1.165) is 13.0 Å². The van der Waals surface area contributed by atoms with Gasteiger partial charge in [-0.2, -0.15) is 16.7 Å². The third-order valence-electron chi connectivity index (χ3n) is 2.04. The fourth-order valence-corrected chi connectivity index (χ4v) is 1.97. The molecular formula is C10H17ClN4S. The van der Waals surface area contributed by atoms with Crippen molar-refractivity contribution in [2.24, 2.45) is 0 Å². The number of nitrogens with two attached hydrogens (primary N) is 1. The van der Waals surface area contributed by atoms with Crippen LogP contribution in [0, 0.1) is 0 Å². The summed E-state index contributed by atoms with van der Waals surface area (Å²) >= 11 is 7.64. The third-order valence-corrected chi connectivity index (χ3v) is 2.93. The lowest BCUT2D eigenvalue weighted by atomic mass is 10.2. The number of anilines is 2. The Balaban J connectivity index is 2.21. The molecule has 90 valence electrons. The summed E-state index contributed by atoms with van der Waals surface area (Å²) < 4.78 is 0. The minimum absolute atomic E-state index is 0.206. The van der Waals surface area contributed by atoms with Crippen molar-refractivity contribution >= 4 is 35.1 Å². The molecule has 0 aliphatic heterocycles. The van der Waals surface area contributed by atoms with E-state index in [0.29, 0.717) is 11.0 Å². The zero-order chi connectivity index (χ0) is 11.8. The average Bonchev–Trinajstić information content (AvgIpc) is 2.22. The van der Waals surface area contributed by atoms with Gasteiger partial charge in [-0.05, 0) is 24.9 Å². The van der Waals surface area contributed by atoms with Gasteiger partial charge in [0.15, 0.2) is 0 Å². The number of hydrogen-bond donors (Lipinski definition) is 2. The first kappa shape index (κ1) is 13.4. The van der Waals surface area contributed by atoms with Crippen LogP contribution in [0.4, 0.5) is 11.8 Å². The van der Waals surface area contributed by atoms with E-state index >= 15 is 0 Å². The van der Waals surface area contributed by atoms with E-state index in [1.54, 1.807) is 6.07 Å². The van der Waals surface area contributed by atoms with E-state index < -0.39 is 0 Å². The Labute approximate surface area is 105 Å². The van der Waals surface area contributed by atoms with Gasteiger partial charge in [-0.1, -0.05) is 18.0 Å². The minimum atomic E-state index is 0.206. The Morgan fingerprint density at radius 3 is 2.88 bits per heavy atom. The molecule has 1 aromatic heterocycles. The van der Waals surface area contributed by atoms with Crippen LogP contribution in [-0.4, -0.2) is 28.5 Å². The smallest absolute Gasteiger partial charge is 0.223 e. The van der Waals surface area contributed by atoms with Gasteiger partial charge in [0.2, 0.25) is 5.95 Å². The molecule has 0 atom stereocenters. The summed E-state index contributed by atoms with van der Waals surface area (Å²) in [6.45, 7) is 0.890. The monoisotopic (exact) mass is 260 g/mol. The first-order valence-corrected chi connectivity index (χ1v) is 7.02. The summed E-state index contributed by atoms with van der Waals surface area (Å²) in [6.07, 6.45) is 5.74. The van der Waals surface area contributed by atoms with Crippen molar-refractivity contribution in [2.45, 2.75) is 19.3 Å². The zero-order valence-electron chi connectivity index (χ0n) is 9.37. The largest absolute Gasteiger partial charge is 0.370 e. The van der Waals surface area contributed by atoms with Gasteiger partial charge in [0.1, 0.15) is 11.0 Å². The third kappa shape index (κ3) is 5.42. The van der Waals surface area contributed by atoms with Crippen LogP contribution in [0.1, 0.15) is 19.3 Å². The first-order chi connectivity index (χ1) is 7.72. The SMILES string of the molecule is CSCCCCCNc1cc(Cl)nc(N)n1. The van der Waals surface area contributed by atoms with Crippen molar-refractivity contribution in [3.63, 3.8) is 0 Å². The molecular weight excluding hydrogens is 244 g/mol. The van der Waals surface area contributed by atoms with E-state index in [-0.39, 0.29) is 5.95 Å². The molecule has 0 aliphatic rings. The molecule has 0 radical (unpaired) electrons. The van der Waals surface area contributed by atoms with E-state index in [1.807, 2.05) is 11.8 Å². The van der Waals surface area contributed by atoms with Gasteiger partial charge in [0.05, 0.1) is 0 Å². The van der Waals surface area contributed by atoms with Gasteiger partial charge >= 0.3 is 0 Å². The number of unbranched alkanes of at least 4 members (excludes halogenated alkanes) is 2. The number of halogens is 1. The maximum absolute atomic E-state index is 5.76. The summed E-state index contributed by atoms with van der Waals surface area (Å²) in [6, 6.07) is 1.68. The van der Waals surface area contributed by atoms with E-state index in [4.69, 9.17) is 17.3 Å². The number of nitrogens with one attached hydrogen (secondary N) is 1. The molecule has 16 heavy (non-hydrogen) atoms. The van der Waals surface area contributed by atoms with Gasteiger partial charge in [-0.3, -0.25) is 0 Å². The van der Waals surface area contributed by atoms with Gasteiger partial charge in [0, 0.05) is 12.6 Å². The Kier molecular flexibility index (Phi) is 6.33. The molecule has 1 heterocycles. The molecule has 0 unspecified atom stereocenters. The highest BCUT2D eigenvalue weighted by molar-refractivity contribution is 7.98. The van der Waals surface area contributed by atoms with Gasteiger partial charge < -0.3 is 11.1 Å². The lowest BCUT2D eigenvalue weighted by Gasteiger charge is -2.05. The predicted molar refractivity (Wildman–Crippen MR) is 72.2 cm³/mol. The summed E-state index contributed by atoms with van der Waals surface area (Å²) in [5.41, 5.74) is 5.48. The molecule has 0 aromatic carbocycles. The maximum Gasteiger partial charge on any atom is 0.223 e. The number of aromatic nitrogens is 2. The van der Waals surface area contributed by atoms with Crippen molar-refractivity contribution in [2.75, 3.05) is 29.6 Å². The lowest BCUT2D eigenvalue weighted by molar-refractivity contribution is 0.748. The highest BCUT2D eigenvalue weighted by Gasteiger charge is 1.99. The molecule has 6 heteroatoms. The maximum atomic E-state index is 5.76. The quantitative estimate of drug-likeness (QED) is 0.583. The Morgan fingerprint density at radius 1 is 1.38 bits per heavy atom. The summed E-state index contributed by atoms with van der Waals surface area (Å²) in [5.74, 6) is 2.13. The van der Waals surface area contributed by atoms with Crippen LogP contribution in [0.2, 0.25) is 5.15 Å². The van der Waals surface area contributed by atoms with Gasteiger partial charge in [-0.25, -0.2) is 4.98 Å². The fourth-order valence-electron chi connectivity index (χ4n) is 1.29. The molecule has 0 saturated carbocycles. The van der Waals surface area contributed by atoms with Crippen molar-refractivity contribution in [3.05, 3.63) is 11.2 Å². The minimum Gasteiger partial charge on any atom is -0.370 e. The van der Waals surface area contributed by atoms with Crippen LogP contribution in [0.25, 0.3) is 0 Å². The number of rotatable bonds is 7. The molecule has 0 bridgehead atoms. The second-order valence-corrected chi connectivity index (χ2v) is 4.79. The highest BCUT2D eigenvalue weighted by atomic mass is 35.5. The fraction of sp³-hybridized carbons (Fsp3) is 0.600. The van der Waals surface area contributed by atoms with Crippen molar-refractivity contribution in [1.82, 2.24) is 9.97 Å². The average molecular weight is 261 g/mol. The second kappa shape index (κ2) is 7.57. The summed E-state index contributed by atoms with van der Waals surface area (Å²) in [5, 5.41) is 3.55. The van der Waals surface area contributed by atoms with E-state index in [2.05, 4.69) is 21.5 Å². The van der Waals surface area contributed by atoms with Crippen LogP contribution in [0.3, 0.4) is 0 Å². The molecule has 0 saturated heterocycles. The molecule has 0 fully saturated rings. The highest BCUT2D eigenvalue weighted by Crippen LogP contribution is 2.12. The Morgan fingerprint density at radius 2 is 2.19 bits per heavy atom. The van der Waals surface area contributed by atoms with E-state index in [1.165, 1.54) is 18.6 Å². The zero-order valence-corrected chi connectivity index (χ0v) is 10.9. The molecule has 4 nitrogen and oxygen atoms in total. The number of nitrogens with zero attached hydrogens (tertiary/aromatic N) is 2. The van der Waals surface area contributed by atoms with Crippen molar-refractivity contribution < 1.29 is 0 Å². The molecule has 3 N–H and O–H groups in total. The second-order valence-electron chi connectivity index (χ2n) is 3.41. The molecule has 0 spiro atoms. The van der Waals surface area contributed by atoms with Gasteiger partial charge in [0.25, 0.3) is 0 Å². The van der Waals surface area contributed by atoms with Crippen LogP contribution in [0.15, 0.2) is 6.07 Å². The van der Waals surface area contributed by atoms with Crippen molar-refractivity contribution in [3.8, 4) is 0 Å². The number of hydrogen-bond acceptors (Lipinski definition) is 5. The molecule has 1 aromatic rings. The van der Waals surface area contributed by atoms with Crippen LogP contribution in [0.5, 0.6) is 0 Å². The molecule has 1 rings (SSSR count). The summed E-state index contributed by atoms with van der Waals surface area (Å²) in [7, 11) is 0. The van der Waals surface area contributed by atoms with Gasteiger partial charge in [-0.15, -0.1) is 0 Å². The summed E-state index contributed by atoms with van der Waals surface area (Å²) in [4.78, 5) is 7.83. The molecule has 0 amide bonds.